The molecule has 4 aromatic rings. The first-order valence-electron chi connectivity index (χ1n) is 14.9. The lowest BCUT2D eigenvalue weighted by Gasteiger charge is -2.36. The topological polar surface area (TPSA) is 86.7 Å². The number of sulfonamides is 1. The minimum Gasteiger partial charge on any atom is -0.366 e. The van der Waals surface area contributed by atoms with Crippen LogP contribution in [0, 0.1) is 17.5 Å². The molecule has 2 aliphatic heterocycles. The lowest BCUT2D eigenvalue weighted by molar-refractivity contribution is -0.122. The molecule has 0 radical (unpaired) electrons. The fourth-order valence-electron chi connectivity index (χ4n) is 5.92. The summed E-state index contributed by atoms with van der Waals surface area (Å²) in [6, 6.07) is 18.3. The van der Waals surface area contributed by atoms with Crippen LogP contribution in [-0.2, 0) is 21.2 Å². The number of halogens is 3. The van der Waals surface area contributed by atoms with Gasteiger partial charge in [0, 0.05) is 50.4 Å². The molecule has 1 aromatic heterocycles. The summed E-state index contributed by atoms with van der Waals surface area (Å²) in [5.74, 6) is -1.14. The van der Waals surface area contributed by atoms with E-state index in [2.05, 4.69) is 4.98 Å². The van der Waals surface area contributed by atoms with Crippen LogP contribution in [-0.4, -0.2) is 67.2 Å². The van der Waals surface area contributed by atoms with Crippen molar-refractivity contribution >= 4 is 27.4 Å². The highest BCUT2D eigenvalue weighted by molar-refractivity contribution is 7.89. The van der Waals surface area contributed by atoms with E-state index in [1.54, 1.807) is 42.5 Å². The first kappa shape index (κ1) is 30.7. The summed E-state index contributed by atoms with van der Waals surface area (Å²) in [6.07, 6.45) is 1.14. The van der Waals surface area contributed by atoms with Crippen LogP contribution in [0.3, 0.4) is 0 Å². The molecule has 2 saturated heterocycles. The molecular weight excluding hydrogens is 603 g/mol. The van der Waals surface area contributed by atoms with Gasteiger partial charge in [-0.2, -0.15) is 4.31 Å². The summed E-state index contributed by atoms with van der Waals surface area (Å²) in [6.45, 7) is 2.27. The largest absolute Gasteiger partial charge is 0.366 e. The van der Waals surface area contributed by atoms with Crippen LogP contribution in [0.2, 0.25) is 0 Å². The van der Waals surface area contributed by atoms with Gasteiger partial charge in [-0.3, -0.25) is 4.79 Å². The van der Waals surface area contributed by atoms with E-state index in [1.165, 1.54) is 28.6 Å². The van der Waals surface area contributed by atoms with Gasteiger partial charge in [0.15, 0.2) is 5.78 Å². The Bertz CT molecular complexity index is 1800. The van der Waals surface area contributed by atoms with E-state index in [0.717, 1.165) is 12.1 Å². The molecule has 2 aliphatic rings. The zero-order valence-electron chi connectivity index (χ0n) is 24.4. The lowest BCUT2D eigenvalue weighted by Crippen LogP contribution is -2.47. The number of carbonyl (C=O) groups is 1. The van der Waals surface area contributed by atoms with E-state index in [0.29, 0.717) is 67.6 Å². The second kappa shape index (κ2) is 13.0. The fraction of sp³-hybridized carbons (Fsp3) is 0.303. The van der Waals surface area contributed by atoms with E-state index in [-0.39, 0.29) is 35.9 Å². The number of aryl methyl sites for hydroxylation is 1. The molecule has 3 aromatic carbocycles. The maximum absolute atomic E-state index is 14.8. The van der Waals surface area contributed by atoms with E-state index in [9.17, 15) is 26.4 Å². The third-order valence-electron chi connectivity index (χ3n) is 8.30. The van der Waals surface area contributed by atoms with E-state index in [1.807, 2.05) is 9.80 Å². The van der Waals surface area contributed by atoms with Gasteiger partial charge < -0.3 is 9.80 Å². The number of piperazine rings is 1. The molecule has 3 heterocycles. The number of anilines is 2. The maximum atomic E-state index is 14.8. The van der Waals surface area contributed by atoms with Crippen molar-refractivity contribution in [3.05, 3.63) is 102 Å². The number of rotatable bonds is 9. The standard InChI is InChI=1S/C33H32F3N5O3S/c34-23-11-14-25(15-12-23)45(43,44)41-17-5-10-31(41)32(42)16-13-24-22-29(26-6-1-2-7-27(26)35)38-33(37-24)40-20-18-39(19-21-40)30-9-4-3-8-28(30)36/h1-4,6-9,11-12,14-15,22,31H,5,10,13,16-21H2/t31-/m0/s1. The number of carbonyl (C=O) groups excluding carboxylic acids is 1. The van der Waals surface area contributed by atoms with Gasteiger partial charge in [-0.1, -0.05) is 24.3 Å². The zero-order valence-corrected chi connectivity index (χ0v) is 25.3. The minimum absolute atomic E-state index is 0.0222. The fourth-order valence-corrected chi connectivity index (χ4v) is 7.60. The van der Waals surface area contributed by atoms with Gasteiger partial charge in [0.05, 0.1) is 22.3 Å². The molecule has 1 atom stereocenters. The molecule has 0 aliphatic carbocycles. The molecule has 0 bridgehead atoms. The van der Waals surface area contributed by atoms with Crippen molar-refractivity contribution in [3.63, 3.8) is 0 Å². The smallest absolute Gasteiger partial charge is 0.243 e. The number of Topliss-reactive ketones (excluding diaryl/α,β-unsaturated/α-hetero) is 1. The lowest BCUT2D eigenvalue weighted by atomic mass is 10.0. The molecule has 234 valence electrons. The van der Waals surface area contributed by atoms with Crippen LogP contribution in [0.15, 0.2) is 83.8 Å². The Morgan fingerprint density at radius 3 is 2.18 bits per heavy atom. The van der Waals surface area contributed by atoms with Crippen LogP contribution in [0.1, 0.15) is 25.0 Å². The third kappa shape index (κ3) is 6.57. The monoisotopic (exact) mass is 635 g/mol. The van der Waals surface area contributed by atoms with Crippen molar-refractivity contribution in [3.8, 4) is 11.3 Å². The van der Waals surface area contributed by atoms with Crippen molar-refractivity contribution in [2.75, 3.05) is 42.5 Å². The average molecular weight is 636 g/mol. The highest BCUT2D eigenvalue weighted by Crippen LogP contribution is 2.29. The normalized spacial score (nSPS) is 17.5. The Kier molecular flexibility index (Phi) is 8.86. The Morgan fingerprint density at radius 2 is 1.47 bits per heavy atom. The second-order valence-corrected chi connectivity index (χ2v) is 13.0. The van der Waals surface area contributed by atoms with Crippen LogP contribution >= 0.6 is 0 Å². The van der Waals surface area contributed by atoms with E-state index in [4.69, 9.17) is 4.98 Å². The number of ketones is 1. The van der Waals surface area contributed by atoms with Crippen LogP contribution < -0.4 is 9.80 Å². The molecule has 0 saturated carbocycles. The molecule has 45 heavy (non-hydrogen) atoms. The van der Waals surface area contributed by atoms with Crippen LogP contribution in [0.4, 0.5) is 24.8 Å². The molecule has 0 spiro atoms. The summed E-state index contributed by atoms with van der Waals surface area (Å²) in [4.78, 5) is 26.7. The van der Waals surface area contributed by atoms with Crippen molar-refractivity contribution in [2.45, 2.75) is 36.6 Å². The van der Waals surface area contributed by atoms with Gasteiger partial charge >= 0.3 is 0 Å². The highest BCUT2D eigenvalue weighted by atomic mass is 32.2. The van der Waals surface area contributed by atoms with Crippen molar-refractivity contribution in [1.82, 2.24) is 14.3 Å². The molecule has 12 heteroatoms. The van der Waals surface area contributed by atoms with Gasteiger partial charge in [-0.15, -0.1) is 0 Å². The molecule has 8 nitrogen and oxygen atoms in total. The SMILES string of the molecule is O=C(CCc1cc(-c2ccccc2F)nc(N2CCN(c3ccccc3F)CC2)n1)[C@@H]1CCCN1S(=O)(=O)c1ccc(F)cc1. The molecule has 0 unspecified atom stereocenters. The number of benzene rings is 3. The second-order valence-electron chi connectivity index (χ2n) is 11.1. The number of para-hydroxylation sites is 1. The van der Waals surface area contributed by atoms with Crippen molar-refractivity contribution in [2.24, 2.45) is 0 Å². The van der Waals surface area contributed by atoms with Crippen LogP contribution in [0.25, 0.3) is 11.3 Å². The molecule has 2 fully saturated rings. The minimum atomic E-state index is -3.98. The predicted molar refractivity (Wildman–Crippen MR) is 165 cm³/mol. The Balaban J connectivity index is 1.21. The maximum Gasteiger partial charge on any atom is 0.243 e. The summed E-state index contributed by atoms with van der Waals surface area (Å²) < 4.78 is 70.4. The van der Waals surface area contributed by atoms with Gasteiger partial charge in [0.2, 0.25) is 16.0 Å². The average Bonchev–Trinajstić information content (AvgIpc) is 3.56. The highest BCUT2D eigenvalue weighted by Gasteiger charge is 2.39. The van der Waals surface area contributed by atoms with E-state index < -0.39 is 27.7 Å². The predicted octanol–water partition coefficient (Wildman–Crippen LogP) is 5.24. The molecule has 0 amide bonds. The number of hydrogen-bond acceptors (Lipinski definition) is 7. The quantitative estimate of drug-likeness (QED) is 0.249. The van der Waals surface area contributed by atoms with Gasteiger partial charge in [-0.05, 0) is 73.9 Å². The summed E-state index contributed by atoms with van der Waals surface area (Å²) in [7, 11) is -3.98. The summed E-state index contributed by atoms with van der Waals surface area (Å²) >= 11 is 0. The summed E-state index contributed by atoms with van der Waals surface area (Å²) in [5.41, 5.74) is 1.72. The molecular formula is C33H32F3N5O3S. The zero-order chi connectivity index (χ0) is 31.6. The first-order chi connectivity index (χ1) is 21.7. The van der Waals surface area contributed by atoms with E-state index >= 15 is 0 Å². The molecule has 0 N–H and O–H groups in total. The molecule has 6 rings (SSSR count). The number of aromatic nitrogens is 2. The number of hydrogen-bond donors (Lipinski definition) is 0. The van der Waals surface area contributed by atoms with Crippen molar-refractivity contribution in [1.29, 1.82) is 0 Å². The third-order valence-corrected chi connectivity index (χ3v) is 10.2. The summed E-state index contributed by atoms with van der Waals surface area (Å²) in [5, 5.41) is 0. The first-order valence-corrected chi connectivity index (χ1v) is 16.3. The Hall–Kier alpha value is -4.29. The Labute approximate surface area is 260 Å². The van der Waals surface area contributed by atoms with Gasteiger partial charge in [0.25, 0.3) is 0 Å². The van der Waals surface area contributed by atoms with Crippen LogP contribution in [0.5, 0.6) is 0 Å². The Morgan fingerprint density at radius 1 is 0.800 bits per heavy atom. The van der Waals surface area contributed by atoms with Crippen molar-refractivity contribution < 1.29 is 26.4 Å². The number of nitrogens with zero attached hydrogens (tertiary/aromatic N) is 5. The van der Waals surface area contributed by atoms with Gasteiger partial charge in [0.1, 0.15) is 17.5 Å². The van der Waals surface area contributed by atoms with Gasteiger partial charge in [-0.25, -0.2) is 31.6 Å².